The average Bonchev–Trinajstić information content (AvgIpc) is 2.82. The van der Waals surface area contributed by atoms with Crippen LogP contribution >= 0.6 is 11.6 Å². The first-order chi connectivity index (χ1) is 16.6. The Morgan fingerprint density at radius 3 is 2.26 bits per heavy atom. The first kappa shape index (κ1) is 26.4. The van der Waals surface area contributed by atoms with Crippen molar-refractivity contribution in [3.8, 4) is 11.5 Å². The van der Waals surface area contributed by atoms with E-state index in [1.54, 1.807) is 24.3 Å². The SMILES string of the molecule is COc1ccc(N(CC(=O)NCc2ccc(OC(C)C)cc2)S(=O)(=O)c2ccc(C)cc2)cc1Cl. The number of hydrogen-bond donors (Lipinski definition) is 1. The zero-order valence-electron chi connectivity index (χ0n) is 20.1. The summed E-state index contributed by atoms with van der Waals surface area (Å²) in [4.78, 5) is 12.9. The number of carbonyl (C=O) groups is 1. The molecule has 0 aliphatic heterocycles. The van der Waals surface area contributed by atoms with Crippen molar-refractivity contribution in [1.82, 2.24) is 5.32 Å². The molecule has 0 bridgehead atoms. The molecule has 3 aromatic rings. The minimum atomic E-state index is -4.05. The quantitative estimate of drug-likeness (QED) is 0.412. The van der Waals surface area contributed by atoms with E-state index in [1.807, 2.05) is 45.0 Å². The van der Waals surface area contributed by atoms with Crippen molar-refractivity contribution < 1.29 is 22.7 Å². The maximum Gasteiger partial charge on any atom is 0.264 e. The predicted molar refractivity (Wildman–Crippen MR) is 138 cm³/mol. The second kappa shape index (κ2) is 11.5. The van der Waals surface area contributed by atoms with Crippen LogP contribution in [0.25, 0.3) is 0 Å². The zero-order chi connectivity index (χ0) is 25.6. The lowest BCUT2D eigenvalue weighted by molar-refractivity contribution is -0.119. The number of benzene rings is 3. The summed E-state index contributed by atoms with van der Waals surface area (Å²) >= 11 is 6.26. The molecular formula is C26H29ClN2O5S. The van der Waals surface area contributed by atoms with Crippen LogP contribution in [0.1, 0.15) is 25.0 Å². The van der Waals surface area contributed by atoms with E-state index < -0.39 is 22.5 Å². The molecule has 35 heavy (non-hydrogen) atoms. The summed E-state index contributed by atoms with van der Waals surface area (Å²) in [7, 11) is -2.58. The molecule has 0 fully saturated rings. The molecule has 3 aromatic carbocycles. The molecule has 0 spiro atoms. The lowest BCUT2D eigenvalue weighted by atomic mass is 10.2. The second-order valence-corrected chi connectivity index (χ2v) is 10.5. The van der Waals surface area contributed by atoms with E-state index in [9.17, 15) is 13.2 Å². The number of aryl methyl sites for hydroxylation is 1. The highest BCUT2D eigenvalue weighted by Crippen LogP contribution is 2.32. The van der Waals surface area contributed by atoms with Gasteiger partial charge in [0.05, 0.1) is 28.8 Å². The Labute approximate surface area is 211 Å². The molecule has 186 valence electrons. The molecular weight excluding hydrogens is 488 g/mol. The van der Waals surface area contributed by atoms with Gasteiger partial charge in [-0.15, -0.1) is 0 Å². The van der Waals surface area contributed by atoms with Crippen LogP contribution in [0, 0.1) is 6.92 Å². The number of amides is 1. The molecule has 0 atom stereocenters. The number of sulfonamides is 1. The van der Waals surface area contributed by atoms with Gasteiger partial charge in [-0.25, -0.2) is 8.42 Å². The van der Waals surface area contributed by atoms with Gasteiger partial charge in [-0.2, -0.15) is 0 Å². The Bertz CT molecular complexity index is 1260. The van der Waals surface area contributed by atoms with E-state index in [2.05, 4.69) is 5.32 Å². The number of nitrogens with one attached hydrogen (secondary N) is 1. The summed E-state index contributed by atoms with van der Waals surface area (Å²) in [6.45, 7) is 5.57. The largest absolute Gasteiger partial charge is 0.495 e. The summed E-state index contributed by atoms with van der Waals surface area (Å²) in [5, 5.41) is 3.02. The Balaban J connectivity index is 1.82. The number of ether oxygens (including phenoxy) is 2. The van der Waals surface area contributed by atoms with E-state index in [4.69, 9.17) is 21.1 Å². The third-order valence-corrected chi connectivity index (χ3v) is 7.19. The molecule has 0 radical (unpaired) electrons. The van der Waals surface area contributed by atoms with Crippen LogP contribution < -0.4 is 19.1 Å². The first-order valence-corrected chi connectivity index (χ1v) is 12.9. The summed E-state index contributed by atoms with van der Waals surface area (Å²) < 4.78 is 38.8. The lowest BCUT2D eigenvalue weighted by Crippen LogP contribution is -2.40. The average molecular weight is 517 g/mol. The molecule has 7 nitrogen and oxygen atoms in total. The smallest absolute Gasteiger partial charge is 0.264 e. The molecule has 3 rings (SSSR count). The van der Waals surface area contributed by atoms with Crippen molar-refractivity contribution in [1.29, 1.82) is 0 Å². The summed E-state index contributed by atoms with van der Waals surface area (Å²) in [6, 6.07) is 18.4. The highest BCUT2D eigenvalue weighted by molar-refractivity contribution is 7.92. The Morgan fingerprint density at radius 1 is 1.03 bits per heavy atom. The molecule has 0 saturated heterocycles. The lowest BCUT2D eigenvalue weighted by Gasteiger charge is -2.24. The Morgan fingerprint density at radius 2 is 1.69 bits per heavy atom. The van der Waals surface area contributed by atoms with Crippen molar-refractivity contribution in [3.63, 3.8) is 0 Å². The van der Waals surface area contributed by atoms with Crippen molar-refractivity contribution in [3.05, 3.63) is 82.9 Å². The van der Waals surface area contributed by atoms with Crippen LogP contribution in [0.15, 0.2) is 71.6 Å². The third kappa shape index (κ3) is 6.90. The van der Waals surface area contributed by atoms with Crippen LogP contribution in [0.2, 0.25) is 5.02 Å². The molecule has 0 saturated carbocycles. The van der Waals surface area contributed by atoms with Gasteiger partial charge >= 0.3 is 0 Å². The molecule has 0 heterocycles. The fraction of sp³-hybridized carbons (Fsp3) is 0.269. The monoisotopic (exact) mass is 516 g/mol. The van der Waals surface area contributed by atoms with Gasteiger partial charge in [0.25, 0.3) is 10.0 Å². The highest BCUT2D eigenvalue weighted by atomic mass is 35.5. The Hall–Kier alpha value is -3.23. The predicted octanol–water partition coefficient (Wildman–Crippen LogP) is 4.96. The zero-order valence-corrected chi connectivity index (χ0v) is 21.7. The minimum Gasteiger partial charge on any atom is -0.495 e. The molecule has 9 heteroatoms. The molecule has 0 aromatic heterocycles. The Kier molecular flexibility index (Phi) is 8.64. The summed E-state index contributed by atoms with van der Waals surface area (Å²) in [5.41, 5.74) is 2.03. The van der Waals surface area contributed by atoms with E-state index in [0.717, 1.165) is 21.2 Å². The van der Waals surface area contributed by atoms with E-state index >= 15 is 0 Å². The van der Waals surface area contributed by atoms with Gasteiger partial charge in [-0.3, -0.25) is 9.10 Å². The van der Waals surface area contributed by atoms with Gasteiger partial charge in [0.2, 0.25) is 5.91 Å². The fourth-order valence-corrected chi connectivity index (χ4v) is 4.97. The number of carbonyl (C=O) groups excluding carboxylic acids is 1. The van der Waals surface area contributed by atoms with Crippen molar-refractivity contribution in [2.24, 2.45) is 0 Å². The molecule has 0 aliphatic carbocycles. The summed E-state index contributed by atoms with van der Waals surface area (Å²) in [5.74, 6) is 0.675. The van der Waals surface area contributed by atoms with Crippen molar-refractivity contribution in [2.75, 3.05) is 18.0 Å². The van der Waals surface area contributed by atoms with Gasteiger partial charge < -0.3 is 14.8 Å². The number of methoxy groups -OCH3 is 1. The van der Waals surface area contributed by atoms with Gasteiger partial charge in [0.15, 0.2) is 0 Å². The number of halogens is 1. The second-order valence-electron chi connectivity index (χ2n) is 8.23. The minimum absolute atomic E-state index is 0.0634. The topological polar surface area (TPSA) is 84.9 Å². The molecule has 0 unspecified atom stereocenters. The maximum absolute atomic E-state index is 13.5. The number of rotatable bonds is 10. The number of nitrogens with zero attached hydrogens (tertiary/aromatic N) is 1. The number of hydrogen-bond acceptors (Lipinski definition) is 5. The van der Waals surface area contributed by atoms with Crippen LogP contribution in [0.3, 0.4) is 0 Å². The van der Waals surface area contributed by atoms with Gasteiger partial charge in [0, 0.05) is 6.54 Å². The molecule has 1 N–H and O–H groups in total. The standard InChI is InChI=1S/C26H29ClN2O5S/c1-18(2)34-22-10-7-20(8-11-22)16-28-26(30)17-29(21-9-14-25(33-4)24(27)15-21)35(31,32)23-12-5-19(3)6-13-23/h5-15,18H,16-17H2,1-4H3,(H,28,30). The van der Waals surface area contributed by atoms with Crippen LogP contribution in [0.4, 0.5) is 5.69 Å². The van der Waals surface area contributed by atoms with E-state index in [0.29, 0.717) is 5.75 Å². The van der Waals surface area contributed by atoms with Gasteiger partial charge in [-0.1, -0.05) is 41.4 Å². The number of anilines is 1. The van der Waals surface area contributed by atoms with Gasteiger partial charge in [0.1, 0.15) is 18.0 Å². The maximum atomic E-state index is 13.5. The first-order valence-electron chi connectivity index (χ1n) is 11.1. The van der Waals surface area contributed by atoms with Crippen molar-refractivity contribution >= 4 is 33.2 Å². The van der Waals surface area contributed by atoms with Gasteiger partial charge in [-0.05, 0) is 68.8 Å². The fourth-order valence-electron chi connectivity index (χ4n) is 3.31. The molecule has 1 amide bonds. The van der Waals surface area contributed by atoms with Crippen LogP contribution in [-0.4, -0.2) is 34.1 Å². The normalized spacial score (nSPS) is 11.3. The third-order valence-electron chi connectivity index (χ3n) is 5.10. The van der Waals surface area contributed by atoms with E-state index in [-0.39, 0.29) is 28.3 Å². The highest BCUT2D eigenvalue weighted by Gasteiger charge is 2.27. The van der Waals surface area contributed by atoms with E-state index in [1.165, 1.54) is 25.3 Å². The summed E-state index contributed by atoms with van der Waals surface area (Å²) in [6.07, 6.45) is 0.0634. The molecule has 0 aliphatic rings. The van der Waals surface area contributed by atoms with Crippen LogP contribution in [-0.2, 0) is 21.4 Å². The van der Waals surface area contributed by atoms with Crippen molar-refractivity contribution in [2.45, 2.75) is 38.3 Å². The van der Waals surface area contributed by atoms with Crippen LogP contribution in [0.5, 0.6) is 11.5 Å².